The molecular weight excluding hydrogens is 256 g/mol. The molecule has 4 unspecified atom stereocenters. The summed E-state index contributed by atoms with van der Waals surface area (Å²) in [5, 5.41) is 0. The maximum atomic E-state index is 5.78. The highest BCUT2D eigenvalue weighted by atomic mass is 16.8. The van der Waals surface area contributed by atoms with Crippen molar-refractivity contribution in [3.05, 3.63) is 0 Å². The molecule has 1 heterocycles. The SMILES string of the molecule is CCCCCC1C(CC2OC2OC)CCC1(OC)OC. The second kappa shape index (κ2) is 7.21. The zero-order valence-electron chi connectivity index (χ0n) is 13.4. The molecule has 4 atom stereocenters. The molecule has 0 N–H and O–H groups in total. The van der Waals surface area contributed by atoms with E-state index in [2.05, 4.69) is 6.92 Å². The largest absolute Gasteiger partial charge is 0.353 e. The van der Waals surface area contributed by atoms with Crippen molar-refractivity contribution in [1.82, 2.24) is 0 Å². The third kappa shape index (κ3) is 3.35. The minimum Gasteiger partial charge on any atom is -0.353 e. The van der Waals surface area contributed by atoms with Gasteiger partial charge in [0.05, 0.1) is 0 Å². The van der Waals surface area contributed by atoms with Crippen molar-refractivity contribution in [3.63, 3.8) is 0 Å². The van der Waals surface area contributed by atoms with Crippen molar-refractivity contribution in [2.45, 2.75) is 70.1 Å². The van der Waals surface area contributed by atoms with Gasteiger partial charge in [-0.2, -0.15) is 0 Å². The van der Waals surface area contributed by atoms with Gasteiger partial charge in [-0.05, 0) is 25.2 Å². The van der Waals surface area contributed by atoms with Gasteiger partial charge in [0, 0.05) is 33.7 Å². The lowest BCUT2D eigenvalue weighted by Crippen LogP contribution is -2.39. The first-order valence-electron chi connectivity index (χ1n) is 7.99. The summed E-state index contributed by atoms with van der Waals surface area (Å²) in [5.41, 5.74) is 0. The van der Waals surface area contributed by atoms with E-state index < -0.39 is 0 Å². The lowest BCUT2D eigenvalue weighted by atomic mass is 9.84. The summed E-state index contributed by atoms with van der Waals surface area (Å²) in [5.74, 6) is 0.721. The van der Waals surface area contributed by atoms with Gasteiger partial charge in [-0.25, -0.2) is 0 Å². The van der Waals surface area contributed by atoms with Gasteiger partial charge >= 0.3 is 0 Å². The Morgan fingerprint density at radius 2 is 1.90 bits per heavy atom. The zero-order chi connectivity index (χ0) is 14.6. The second-order valence-corrected chi connectivity index (χ2v) is 6.14. The Morgan fingerprint density at radius 1 is 1.15 bits per heavy atom. The second-order valence-electron chi connectivity index (χ2n) is 6.14. The lowest BCUT2D eigenvalue weighted by molar-refractivity contribution is -0.233. The van der Waals surface area contributed by atoms with Crippen LogP contribution in [-0.2, 0) is 18.9 Å². The highest BCUT2D eigenvalue weighted by Crippen LogP contribution is 2.49. The van der Waals surface area contributed by atoms with Gasteiger partial charge in [-0.15, -0.1) is 0 Å². The van der Waals surface area contributed by atoms with Crippen LogP contribution >= 0.6 is 0 Å². The summed E-state index contributed by atoms with van der Waals surface area (Å²) in [6.07, 6.45) is 8.50. The van der Waals surface area contributed by atoms with Crippen molar-refractivity contribution < 1.29 is 18.9 Å². The molecule has 1 saturated heterocycles. The Labute approximate surface area is 123 Å². The topological polar surface area (TPSA) is 40.2 Å². The molecule has 0 amide bonds. The number of epoxide rings is 1. The highest BCUT2D eigenvalue weighted by molar-refractivity contribution is 4.95. The van der Waals surface area contributed by atoms with E-state index in [9.17, 15) is 0 Å². The Bertz CT molecular complexity index is 290. The molecule has 2 fully saturated rings. The first kappa shape index (κ1) is 16.2. The Hall–Kier alpha value is -0.160. The molecule has 0 bridgehead atoms. The molecule has 20 heavy (non-hydrogen) atoms. The molecule has 1 aliphatic carbocycles. The summed E-state index contributed by atoms with van der Waals surface area (Å²) < 4.78 is 22.3. The minimum atomic E-state index is -0.379. The normalized spacial score (nSPS) is 35.4. The van der Waals surface area contributed by atoms with Crippen molar-refractivity contribution in [2.24, 2.45) is 11.8 Å². The van der Waals surface area contributed by atoms with Crippen LogP contribution in [0.15, 0.2) is 0 Å². The van der Waals surface area contributed by atoms with Gasteiger partial charge in [0.1, 0.15) is 6.10 Å². The number of hydrogen-bond donors (Lipinski definition) is 0. The van der Waals surface area contributed by atoms with Gasteiger partial charge in [0.25, 0.3) is 0 Å². The van der Waals surface area contributed by atoms with Crippen LogP contribution in [-0.4, -0.2) is 39.5 Å². The fourth-order valence-corrected chi connectivity index (χ4v) is 3.87. The smallest absolute Gasteiger partial charge is 0.184 e. The molecule has 4 nitrogen and oxygen atoms in total. The van der Waals surface area contributed by atoms with Crippen molar-refractivity contribution in [1.29, 1.82) is 0 Å². The summed E-state index contributed by atoms with van der Waals surface area (Å²) in [6, 6.07) is 0. The van der Waals surface area contributed by atoms with E-state index in [-0.39, 0.29) is 18.2 Å². The third-order valence-electron chi connectivity index (χ3n) is 5.11. The van der Waals surface area contributed by atoms with Crippen LogP contribution in [0.1, 0.15) is 51.9 Å². The summed E-state index contributed by atoms with van der Waals surface area (Å²) in [7, 11) is 5.28. The fraction of sp³-hybridized carbons (Fsp3) is 1.00. The molecule has 2 aliphatic rings. The van der Waals surface area contributed by atoms with Crippen LogP contribution < -0.4 is 0 Å². The van der Waals surface area contributed by atoms with E-state index >= 15 is 0 Å². The van der Waals surface area contributed by atoms with E-state index in [4.69, 9.17) is 18.9 Å². The summed E-state index contributed by atoms with van der Waals surface area (Å²) >= 11 is 0. The van der Waals surface area contributed by atoms with Crippen LogP contribution in [0.2, 0.25) is 0 Å². The molecule has 0 aromatic carbocycles. The number of unbranched alkanes of at least 4 members (excludes halogenated alkanes) is 2. The standard InChI is InChI=1S/C16H30O4/c1-5-6-7-8-13-12(11-14-15(17-2)20-14)9-10-16(13,18-3)19-4/h12-15H,5-11H2,1-4H3. The molecule has 0 radical (unpaired) electrons. The number of methoxy groups -OCH3 is 3. The van der Waals surface area contributed by atoms with Crippen molar-refractivity contribution in [3.8, 4) is 0 Å². The fourth-order valence-electron chi connectivity index (χ4n) is 3.87. The predicted molar refractivity (Wildman–Crippen MR) is 77.4 cm³/mol. The van der Waals surface area contributed by atoms with E-state index in [1.165, 1.54) is 25.7 Å². The van der Waals surface area contributed by atoms with E-state index in [0.717, 1.165) is 19.3 Å². The van der Waals surface area contributed by atoms with E-state index in [1.807, 2.05) is 0 Å². The summed E-state index contributed by atoms with van der Waals surface area (Å²) in [6.45, 7) is 2.24. The number of hydrogen-bond acceptors (Lipinski definition) is 4. The van der Waals surface area contributed by atoms with Crippen LogP contribution in [0.5, 0.6) is 0 Å². The van der Waals surface area contributed by atoms with Crippen LogP contribution in [0.25, 0.3) is 0 Å². The third-order valence-corrected chi connectivity index (χ3v) is 5.11. The Balaban J connectivity index is 1.95. The van der Waals surface area contributed by atoms with Gasteiger partial charge in [-0.3, -0.25) is 0 Å². The molecule has 118 valence electrons. The lowest BCUT2D eigenvalue weighted by Gasteiger charge is -2.35. The van der Waals surface area contributed by atoms with Crippen molar-refractivity contribution in [2.75, 3.05) is 21.3 Å². The maximum absolute atomic E-state index is 5.78. The van der Waals surface area contributed by atoms with Crippen LogP contribution in [0.4, 0.5) is 0 Å². The average molecular weight is 286 g/mol. The molecule has 1 saturated carbocycles. The molecular formula is C16H30O4. The Kier molecular flexibility index (Phi) is 5.84. The van der Waals surface area contributed by atoms with E-state index in [1.54, 1.807) is 21.3 Å². The molecule has 1 aliphatic heterocycles. The molecule has 0 aromatic heterocycles. The van der Waals surface area contributed by atoms with Gasteiger partial charge in [-0.1, -0.05) is 26.2 Å². The number of ether oxygens (including phenoxy) is 4. The van der Waals surface area contributed by atoms with Crippen molar-refractivity contribution >= 4 is 0 Å². The quantitative estimate of drug-likeness (QED) is 0.370. The molecule has 2 rings (SSSR count). The average Bonchev–Trinajstić information content (AvgIpc) is 3.14. The van der Waals surface area contributed by atoms with Gasteiger partial charge in [0.15, 0.2) is 12.1 Å². The number of rotatable bonds is 9. The van der Waals surface area contributed by atoms with E-state index in [0.29, 0.717) is 11.8 Å². The highest BCUT2D eigenvalue weighted by Gasteiger charge is 2.52. The zero-order valence-corrected chi connectivity index (χ0v) is 13.4. The van der Waals surface area contributed by atoms with Gasteiger partial charge < -0.3 is 18.9 Å². The molecule has 0 aromatic rings. The minimum absolute atomic E-state index is 0.0198. The predicted octanol–water partition coefficient (Wildman–Crippen LogP) is 3.34. The maximum Gasteiger partial charge on any atom is 0.184 e. The van der Waals surface area contributed by atoms with Gasteiger partial charge in [0.2, 0.25) is 0 Å². The van der Waals surface area contributed by atoms with Crippen LogP contribution in [0, 0.1) is 11.8 Å². The molecule has 0 spiro atoms. The molecule has 4 heteroatoms. The van der Waals surface area contributed by atoms with Crippen LogP contribution in [0.3, 0.4) is 0 Å². The first-order chi connectivity index (χ1) is 9.70. The monoisotopic (exact) mass is 286 g/mol. The Morgan fingerprint density at radius 3 is 2.45 bits per heavy atom. The summed E-state index contributed by atoms with van der Waals surface area (Å²) in [4.78, 5) is 0. The first-order valence-corrected chi connectivity index (χ1v) is 7.99.